The second-order valence-electron chi connectivity index (χ2n) is 8.20. The Labute approximate surface area is 165 Å². The molecule has 0 aromatic carbocycles. The monoisotopic (exact) mass is 400 g/mol. The van der Waals surface area contributed by atoms with Crippen LogP contribution >= 0.6 is 0 Å². The SMILES string of the molecule is C[C@H]1CCCN(c2ncc3c(n2)[C@H]2CN(c4ccncn4)C[C@H]2S(=O)(=O)C3)C1. The quantitative estimate of drug-likeness (QED) is 0.747. The Balaban J connectivity index is 1.50. The second kappa shape index (κ2) is 6.65. The Bertz CT molecular complexity index is 983. The largest absolute Gasteiger partial charge is 0.354 e. The van der Waals surface area contributed by atoms with E-state index in [1.807, 2.05) is 11.0 Å². The van der Waals surface area contributed by atoms with E-state index in [1.165, 1.54) is 12.7 Å². The summed E-state index contributed by atoms with van der Waals surface area (Å²) in [5.41, 5.74) is 1.65. The molecule has 5 heterocycles. The topological polar surface area (TPSA) is 92.2 Å². The molecule has 2 aromatic rings. The van der Waals surface area contributed by atoms with Gasteiger partial charge in [-0.3, -0.25) is 0 Å². The Hall–Kier alpha value is -2.29. The lowest BCUT2D eigenvalue weighted by Gasteiger charge is -2.32. The fraction of sp³-hybridized carbons (Fsp3) is 0.579. The molecule has 8 nitrogen and oxygen atoms in total. The predicted octanol–water partition coefficient (Wildman–Crippen LogP) is 1.40. The molecule has 2 fully saturated rings. The highest BCUT2D eigenvalue weighted by Crippen LogP contribution is 2.40. The van der Waals surface area contributed by atoms with Crippen LogP contribution in [-0.2, 0) is 15.6 Å². The number of hydrogen-bond donors (Lipinski definition) is 0. The summed E-state index contributed by atoms with van der Waals surface area (Å²) in [5.74, 6) is 2.01. The number of anilines is 2. The molecule has 0 unspecified atom stereocenters. The Morgan fingerprint density at radius 3 is 2.82 bits per heavy atom. The van der Waals surface area contributed by atoms with Gasteiger partial charge in [-0.15, -0.1) is 0 Å². The molecular weight excluding hydrogens is 376 g/mol. The second-order valence-corrected chi connectivity index (χ2v) is 10.4. The van der Waals surface area contributed by atoms with Crippen LogP contribution in [0.3, 0.4) is 0 Å². The van der Waals surface area contributed by atoms with Crippen LogP contribution in [0.25, 0.3) is 0 Å². The highest BCUT2D eigenvalue weighted by Gasteiger charge is 2.48. The summed E-state index contributed by atoms with van der Waals surface area (Å²) in [5, 5.41) is -0.446. The maximum absolute atomic E-state index is 12.9. The van der Waals surface area contributed by atoms with Gasteiger partial charge in [0.05, 0.1) is 16.7 Å². The van der Waals surface area contributed by atoms with E-state index in [0.717, 1.165) is 42.5 Å². The number of rotatable bonds is 2. The van der Waals surface area contributed by atoms with Crippen LogP contribution in [0.4, 0.5) is 11.8 Å². The van der Waals surface area contributed by atoms with E-state index < -0.39 is 15.1 Å². The highest BCUT2D eigenvalue weighted by molar-refractivity contribution is 7.91. The van der Waals surface area contributed by atoms with Crippen molar-refractivity contribution in [3.63, 3.8) is 0 Å². The van der Waals surface area contributed by atoms with Gasteiger partial charge < -0.3 is 9.80 Å². The van der Waals surface area contributed by atoms with Crippen molar-refractivity contribution in [2.45, 2.75) is 36.7 Å². The zero-order valence-corrected chi connectivity index (χ0v) is 16.7. The van der Waals surface area contributed by atoms with Crippen molar-refractivity contribution in [2.24, 2.45) is 5.92 Å². The van der Waals surface area contributed by atoms with Crippen molar-refractivity contribution >= 4 is 21.6 Å². The number of hydrogen-bond acceptors (Lipinski definition) is 8. The van der Waals surface area contributed by atoms with Crippen LogP contribution in [0.5, 0.6) is 0 Å². The van der Waals surface area contributed by atoms with Crippen molar-refractivity contribution in [1.29, 1.82) is 0 Å². The van der Waals surface area contributed by atoms with Crippen molar-refractivity contribution in [3.05, 3.63) is 36.0 Å². The van der Waals surface area contributed by atoms with Crippen molar-refractivity contribution in [1.82, 2.24) is 19.9 Å². The minimum absolute atomic E-state index is 0.0256. The zero-order valence-electron chi connectivity index (χ0n) is 15.9. The fourth-order valence-corrected chi connectivity index (χ4v) is 6.74. The van der Waals surface area contributed by atoms with Gasteiger partial charge in [0.1, 0.15) is 12.1 Å². The number of piperidine rings is 1. The molecule has 0 amide bonds. The summed E-state index contributed by atoms with van der Waals surface area (Å²) in [6, 6.07) is 1.82. The molecule has 5 rings (SSSR count). The molecule has 28 heavy (non-hydrogen) atoms. The van der Waals surface area contributed by atoms with Gasteiger partial charge in [0, 0.05) is 50.1 Å². The molecule has 0 spiro atoms. The van der Waals surface area contributed by atoms with Crippen LogP contribution in [0.1, 0.15) is 36.9 Å². The first-order chi connectivity index (χ1) is 13.5. The number of sulfone groups is 1. The summed E-state index contributed by atoms with van der Waals surface area (Å²) >= 11 is 0. The third kappa shape index (κ3) is 3.01. The van der Waals surface area contributed by atoms with Gasteiger partial charge in [0.15, 0.2) is 9.84 Å². The number of aromatic nitrogens is 4. The molecule has 2 saturated heterocycles. The standard InChI is InChI=1S/C19H24N6O2S/c1-13-3-2-6-24(8-13)19-21-7-14-11-28(26,27)16-10-25(9-15(16)18(14)23-19)17-4-5-20-12-22-17/h4-5,7,12-13,15-16H,2-3,6,8-11H2,1H3/t13-,15-,16+/m0/s1. The third-order valence-electron chi connectivity index (χ3n) is 6.15. The lowest BCUT2D eigenvalue weighted by atomic mass is 9.99. The molecule has 3 aliphatic rings. The number of nitrogens with zero attached hydrogens (tertiary/aromatic N) is 6. The molecule has 3 aliphatic heterocycles. The van der Waals surface area contributed by atoms with E-state index in [-0.39, 0.29) is 11.7 Å². The summed E-state index contributed by atoms with van der Waals surface area (Å²) in [6.45, 7) is 5.22. The molecule has 0 N–H and O–H groups in total. The molecule has 9 heteroatoms. The number of fused-ring (bicyclic) bond motifs is 3. The minimum Gasteiger partial charge on any atom is -0.354 e. The Morgan fingerprint density at radius 1 is 1.14 bits per heavy atom. The summed E-state index contributed by atoms with van der Waals surface area (Å²) in [7, 11) is -3.24. The maximum atomic E-state index is 12.9. The van der Waals surface area contributed by atoms with Crippen LogP contribution in [0.15, 0.2) is 24.8 Å². The summed E-state index contributed by atoms with van der Waals surface area (Å²) in [6.07, 6.45) is 7.29. The van der Waals surface area contributed by atoms with Gasteiger partial charge in [-0.05, 0) is 24.8 Å². The Morgan fingerprint density at radius 2 is 2.04 bits per heavy atom. The first kappa shape index (κ1) is 17.8. The van der Waals surface area contributed by atoms with Crippen LogP contribution in [0, 0.1) is 5.92 Å². The lowest BCUT2D eigenvalue weighted by Crippen LogP contribution is -2.38. The molecule has 0 aliphatic carbocycles. The summed E-state index contributed by atoms with van der Waals surface area (Å²) in [4.78, 5) is 22.0. The van der Waals surface area contributed by atoms with E-state index in [1.54, 1.807) is 12.4 Å². The van der Waals surface area contributed by atoms with Gasteiger partial charge in [-0.1, -0.05) is 6.92 Å². The molecule has 0 radical (unpaired) electrons. The third-order valence-corrected chi connectivity index (χ3v) is 8.26. The van der Waals surface area contributed by atoms with Crippen molar-refractivity contribution in [3.8, 4) is 0 Å². The molecule has 3 atom stereocenters. The summed E-state index contributed by atoms with van der Waals surface area (Å²) < 4.78 is 25.8. The van der Waals surface area contributed by atoms with Gasteiger partial charge in [0.25, 0.3) is 0 Å². The molecule has 0 bridgehead atoms. The van der Waals surface area contributed by atoms with Crippen LogP contribution < -0.4 is 9.80 Å². The van der Waals surface area contributed by atoms with E-state index in [9.17, 15) is 8.42 Å². The minimum atomic E-state index is -3.24. The van der Waals surface area contributed by atoms with E-state index in [0.29, 0.717) is 19.0 Å². The smallest absolute Gasteiger partial charge is 0.225 e. The van der Waals surface area contributed by atoms with E-state index >= 15 is 0 Å². The van der Waals surface area contributed by atoms with Crippen LogP contribution in [0.2, 0.25) is 0 Å². The molecular formula is C19H24N6O2S. The average Bonchev–Trinajstić information content (AvgIpc) is 3.15. The molecule has 2 aromatic heterocycles. The van der Waals surface area contributed by atoms with Gasteiger partial charge in [-0.2, -0.15) is 0 Å². The molecule has 0 saturated carbocycles. The average molecular weight is 401 g/mol. The van der Waals surface area contributed by atoms with E-state index in [4.69, 9.17) is 4.98 Å². The first-order valence-electron chi connectivity index (χ1n) is 9.84. The van der Waals surface area contributed by atoms with E-state index in [2.05, 4.69) is 26.8 Å². The Kier molecular flexibility index (Phi) is 4.22. The maximum Gasteiger partial charge on any atom is 0.225 e. The van der Waals surface area contributed by atoms with Crippen molar-refractivity contribution < 1.29 is 8.42 Å². The highest BCUT2D eigenvalue weighted by atomic mass is 32.2. The normalized spacial score (nSPS) is 28.7. The van der Waals surface area contributed by atoms with Gasteiger partial charge >= 0.3 is 0 Å². The van der Waals surface area contributed by atoms with Crippen molar-refractivity contribution in [2.75, 3.05) is 36.0 Å². The lowest BCUT2D eigenvalue weighted by molar-refractivity contribution is 0.441. The molecule has 148 valence electrons. The zero-order chi connectivity index (χ0) is 19.3. The first-order valence-corrected chi connectivity index (χ1v) is 11.6. The van der Waals surface area contributed by atoms with Crippen LogP contribution in [-0.4, -0.2) is 59.8 Å². The van der Waals surface area contributed by atoms with Gasteiger partial charge in [-0.25, -0.2) is 28.4 Å². The fourth-order valence-electron chi connectivity index (χ4n) is 4.75. The predicted molar refractivity (Wildman–Crippen MR) is 106 cm³/mol. The van der Waals surface area contributed by atoms with Gasteiger partial charge in [0.2, 0.25) is 5.95 Å².